The summed E-state index contributed by atoms with van der Waals surface area (Å²) in [5.41, 5.74) is 4.39. The van der Waals surface area contributed by atoms with Crippen LogP contribution in [0.15, 0.2) is 41.8 Å². The van der Waals surface area contributed by atoms with Gasteiger partial charge in [0, 0.05) is 12.1 Å². The van der Waals surface area contributed by atoms with E-state index in [4.69, 9.17) is 9.72 Å². The minimum Gasteiger partial charge on any atom is -0.494 e. The second-order valence-electron chi connectivity index (χ2n) is 6.72. The van der Waals surface area contributed by atoms with Crippen LogP contribution >= 0.6 is 11.3 Å². The van der Waals surface area contributed by atoms with Gasteiger partial charge >= 0.3 is 0 Å². The quantitative estimate of drug-likeness (QED) is 0.658. The van der Waals surface area contributed by atoms with Crippen molar-refractivity contribution in [3.05, 3.63) is 41.8 Å². The Balaban J connectivity index is 1.59. The van der Waals surface area contributed by atoms with E-state index in [0.29, 0.717) is 6.61 Å². The molecule has 0 atom stereocenters. The molecule has 3 heterocycles. The van der Waals surface area contributed by atoms with Gasteiger partial charge in [-0.2, -0.15) is 0 Å². The van der Waals surface area contributed by atoms with Gasteiger partial charge in [0.25, 0.3) is 0 Å². The molecule has 0 unspecified atom stereocenters. The van der Waals surface area contributed by atoms with Crippen molar-refractivity contribution in [3.63, 3.8) is 0 Å². The zero-order valence-corrected chi connectivity index (χ0v) is 15.9. The SMILES string of the molecule is CCOc1ccc(-c2cc(NCC3CCNCC3)c3sccc3n2)cc1. The Bertz CT molecular complexity index is 853. The lowest BCUT2D eigenvalue weighted by molar-refractivity contribution is 0.340. The summed E-state index contributed by atoms with van der Waals surface area (Å²) in [5, 5.41) is 9.26. The predicted octanol–water partition coefficient (Wildman–Crippen LogP) is 4.77. The summed E-state index contributed by atoms with van der Waals surface area (Å²) in [7, 11) is 0. The van der Waals surface area contributed by atoms with Gasteiger partial charge in [0.05, 0.1) is 28.2 Å². The van der Waals surface area contributed by atoms with Crippen molar-refractivity contribution in [2.24, 2.45) is 5.92 Å². The normalized spacial score (nSPS) is 15.3. The summed E-state index contributed by atoms with van der Waals surface area (Å²) in [4.78, 5) is 4.86. The van der Waals surface area contributed by atoms with Crippen LogP contribution in [0, 0.1) is 5.92 Å². The largest absolute Gasteiger partial charge is 0.494 e. The van der Waals surface area contributed by atoms with Crippen molar-refractivity contribution in [2.75, 3.05) is 31.6 Å². The third kappa shape index (κ3) is 3.84. The predicted molar refractivity (Wildman–Crippen MR) is 110 cm³/mol. The number of piperidine rings is 1. The molecule has 1 saturated heterocycles. The Hall–Kier alpha value is -2.11. The van der Waals surface area contributed by atoms with E-state index in [1.807, 2.05) is 19.1 Å². The van der Waals surface area contributed by atoms with Gasteiger partial charge in [-0.3, -0.25) is 0 Å². The zero-order chi connectivity index (χ0) is 17.8. The van der Waals surface area contributed by atoms with Crippen LogP contribution in [0.25, 0.3) is 21.5 Å². The van der Waals surface area contributed by atoms with E-state index in [9.17, 15) is 0 Å². The highest BCUT2D eigenvalue weighted by Gasteiger charge is 2.14. The maximum atomic E-state index is 5.55. The number of hydrogen-bond acceptors (Lipinski definition) is 5. The summed E-state index contributed by atoms with van der Waals surface area (Å²) in [6.45, 7) is 5.98. The van der Waals surface area contributed by atoms with Crippen molar-refractivity contribution >= 4 is 27.2 Å². The third-order valence-electron chi connectivity index (χ3n) is 4.91. The molecule has 3 aromatic rings. The van der Waals surface area contributed by atoms with Crippen LogP contribution in [0.4, 0.5) is 5.69 Å². The van der Waals surface area contributed by atoms with Gasteiger partial charge in [-0.25, -0.2) is 4.98 Å². The van der Waals surface area contributed by atoms with Crippen LogP contribution in [-0.2, 0) is 0 Å². The standard InChI is InChI=1S/C21H25N3OS/c1-2-25-17-5-3-16(4-6-17)19-13-20(21-18(24-19)9-12-26-21)23-14-15-7-10-22-11-8-15/h3-6,9,12-13,15,22H,2,7-8,10-11,14H2,1H3,(H,23,24). The molecule has 4 nitrogen and oxygen atoms in total. The van der Waals surface area contributed by atoms with E-state index in [-0.39, 0.29) is 0 Å². The van der Waals surface area contributed by atoms with Gasteiger partial charge in [0.15, 0.2) is 0 Å². The summed E-state index contributed by atoms with van der Waals surface area (Å²) >= 11 is 1.76. The summed E-state index contributed by atoms with van der Waals surface area (Å²) in [5.74, 6) is 1.64. The number of thiophene rings is 1. The molecule has 5 heteroatoms. The molecule has 2 N–H and O–H groups in total. The molecule has 136 valence electrons. The average Bonchev–Trinajstić information content (AvgIpc) is 3.16. The highest BCUT2D eigenvalue weighted by molar-refractivity contribution is 7.17. The number of nitrogens with one attached hydrogen (secondary N) is 2. The number of hydrogen-bond donors (Lipinski definition) is 2. The van der Waals surface area contributed by atoms with Gasteiger partial charge in [-0.1, -0.05) is 0 Å². The number of nitrogens with zero attached hydrogens (tertiary/aromatic N) is 1. The first-order chi connectivity index (χ1) is 12.8. The van der Waals surface area contributed by atoms with Crippen LogP contribution in [0.2, 0.25) is 0 Å². The fourth-order valence-corrected chi connectivity index (χ4v) is 4.29. The van der Waals surface area contributed by atoms with Gasteiger partial charge in [0.1, 0.15) is 5.75 Å². The number of benzene rings is 1. The topological polar surface area (TPSA) is 46.2 Å². The Labute approximate surface area is 158 Å². The average molecular weight is 368 g/mol. The molecule has 0 radical (unpaired) electrons. The number of aromatic nitrogens is 1. The first-order valence-corrected chi connectivity index (χ1v) is 10.3. The lowest BCUT2D eigenvalue weighted by Gasteiger charge is -2.23. The highest BCUT2D eigenvalue weighted by atomic mass is 32.1. The molecule has 0 bridgehead atoms. The molecule has 0 amide bonds. The molecule has 0 aliphatic carbocycles. The maximum Gasteiger partial charge on any atom is 0.119 e. The van der Waals surface area contributed by atoms with Crippen molar-refractivity contribution in [1.29, 1.82) is 0 Å². The van der Waals surface area contributed by atoms with Gasteiger partial charge in [-0.05, 0) is 80.6 Å². The van der Waals surface area contributed by atoms with Crippen LogP contribution in [0.1, 0.15) is 19.8 Å². The molecule has 1 aliphatic rings. The van der Waals surface area contributed by atoms with E-state index in [1.54, 1.807) is 11.3 Å². The monoisotopic (exact) mass is 367 g/mol. The van der Waals surface area contributed by atoms with Crippen LogP contribution in [-0.4, -0.2) is 31.2 Å². The van der Waals surface area contributed by atoms with Crippen molar-refractivity contribution in [2.45, 2.75) is 19.8 Å². The van der Waals surface area contributed by atoms with Crippen LogP contribution < -0.4 is 15.4 Å². The van der Waals surface area contributed by atoms with E-state index in [2.05, 4.69) is 40.3 Å². The van der Waals surface area contributed by atoms with Crippen LogP contribution in [0.5, 0.6) is 5.75 Å². The van der Waals surface area contributed by atoms with E-state index < -0.39 is 0 Å². The molecule has 26 heavy (non-hydrogen) atoms. The Morgan fingerprint density at radius 1 is 1.19 bits per heavy atom. The fraction of sp³-hybridized carbons (Fsp3) is 0.381. The lowest BCUT2D eigenvalue weighted by atomic mass is 9.98. The molecule has 1 aliphatic heterocycles. The van der Waals surface area contributed by atoms with Gasteiger partial charge in [-0.15, -0.1) is 11.3 Å². The van der Waals surface area contributed by atoms with Crippen LogP contribution in [0.3, 0.4) is 0 Å². The highest BCUT2D eigenvalue weighted by Crippen LogP contribution is 2.33. The summed E-state index contributed by atoms with van der Waals surface area (Å²) < 4.78 is 6.79. The van der Waals surface area contributed by atoms with E-state index in [1.165, 1.54) is 23.2 Å². The van der Waals surface area contributed by atoms with Gasteiger partial charge in [0.2, 0.25) is 0 Å². The number of fused-ring (bicyclic) bond motifs is 1. The number of pyridine rings is 1. The second-order valence-corrected chi connectivity index (χ2v) is 7.64. The van der Waals surface area contributed by atoms with Gasteiger partial charge < -0.3 is 15.4 Å². The molecule has 4 rings (SSSR count). The maximum absolute atomic E-state index is 5.55. The molecule has 0 spiro atoms. The Kier molecular flexibility index (Phi) is 5.37. The molecule has 0 saturated carbocycles. The molecule has 1 aromatic carbocycles. The van der Waals surface area contributed by atoms with Crippen molar-refractivity contribution < 1.29 is 4.74 Å². The van der Waals surface area contributed by atoms with E-state index in [0.717, 1.165) is 48.1 Å². The third-order valence-corrected chi connectivity index (χ3v) is 5.85. The zero-order valence-electron chi connectivity index (χ0n) is 15.1. The lowest BCUT2D eigenvalue weighted by Crippen LogP contribution is -2.31. The minimum atomic E-state index is 0.684. The first kappa shape index (κ1) is 17.3. The summed E-state index contributed by atoms with van der Waals surface area (Å²) in [6, 6.07) is 12.5. The number of ether oxygens (including phenoxy) is 1. The van der Waals surface area contributed by atoms with Crippen molar-refractivity contribution in [1.82, 2.24) is 10.3 Å². The second kappa shape index (κ2) is 8.06. The first-order valence-electron chi connectivity index (χ1n) is 9.39. The fourth-order valence-electron chi connectivity index (χ4n) is 3.46. The Morgan fingerprint density at radius 3 is 2.77 bits per heavy atom. The van der Waals surface area contributed by atoms with E-state index >= 15 is 0 Å². The number of rotatable bonds is 6. The Morgan fingerprint density at radius 2 is 2.00 bits per heavy atom. The molecular formula is C21H25N3OS. The number of anilines is 1. The molecule has 2 aromatic heterocycles. The molecular weight excluding hydrogens is 342 g/mol. The minimum absolute atomic E-state index is 0.684. The smallest absolute Gasteiger partial charge is 0.119 e. The molecule has 1 fully saturated rings. The summed E-state index contributed by atoms with van der Waals surface area (Å²) in [6.07, 6.45) is 2.49. The van der Waals surface area contributed by atoms with Crippen molar-refractivity contribution in [3.8, 4) is 17.0 Å².